The van der Waals surface area contributed by atoms with E-state index in [0.29, 0.717) is 0 Å². The van der Waals surface area contributed by atoms with Crippen LogP contribution in [0.2, 0.25) is 0 Å². The van der Waals surface area contributed by atoms with Gasteiger partial charge in [-0.2, -0.15) is 0 Å². The fraction of sp³-hybridized carbons (Fsp3) is 0.680. The van der Waals surface area contributed by atoms with Crippen molar-refractivity contribution in [1.82, 2.24) is 0 Å². The van der Waals surface area contributed by atoms with E-state index >= 15 is 0 Å². The van der Waals surface area contributed by atoms with Gasteiger partial charge in [-0.25, -0.2) is 0 Å². The van der Waals surface area contributed by atoms with Crippen LogP contribution >= 0.6 is 11.6 Å². The summed E-state index contributed by atoms with van der Waals surface area (Å²) in [5.41, 5.74) is 4.76. The van der Waals surface area contributed by atoms with Crippen molar-refractivity contribution in [3.63, 3.8) is 0 Å². The van der Waals surface area contributed by atoms with Gasteiger partial charge in [0, 0.05) is 5.54 Å². The fourth-order valence-corrected chi connectivity index (χ4v) is 5.60. The molecule has 1 heteroatoms. The minimum absolute atomic E-state index is 0.754. The fourth-order valence-electron chi connectivity index (χ4n) is 5.39. The quantitative estimate of drug-likeness (QED) is 0.455. The van der Waals surface area contributed by atoms with E-state index in [4.69, 9.17) is 11.6 Å². The first-order chi connectivity index (χ1) is 12.8. The number of rotatable bonds is 7. The summed E-state index contributed by atoms with van der Waals surface area (Å²) in [6.07, 6.45) is 18.9. The molecule has 1 aromatic carbocycles. The number of hydrogen-bond acceptors (Lipinski definition) is 0. The summed E-state index contributed by atoms with van der Waals surface area (Å²) in [6.45, 7) is 2.26. The molecule has 2 saturated carbocycles. The minimum atomic E-state index is 0.754. The normalized spacial score (nSPS) is 29.9. The molecule has 2 aliphatic carbocycles. The molecule has 0 spiro atoms. The van der Waals surface area contributed by atoms with Crippen LogP contribution in [0, 0.1) is 23.7 Å². The Morgan fingerprint density at radius 2 is 1.35 bits per heavy atom. The number of aryl methyl sites for hydroxylation is 2. The van der Waals surface area contributed by atoms with E-state index in [1.807, 2.05) is 0 Å². The summed E-state index contributed by atoms with van der Waals surface area (Å²) in [6, 6.07) is 9.41. The van der Waals surface area contributed by atoms with E-state index in [9.17, 15) is 0 Å². The van der Waals surface area contributed by atoms with Gasteiger partial charge in [0.25, 0.3) is 0 Å². The van der Waals surface area contributed by atoms with E-state index in [1.54, 1.807) is 5.54 Å². The zero-order valence-corrected chi connectivity index (χ0v) is 17.4. The van der Waals surface area contributed by atoms with Crippen molar-refractivity contribution in [2.24, 2.45) is 23.7 Å². The zero-order valence-electron chi connectivity index (χ0n) is 16.6. The highest BCUT2D eigenvalue weighted by molar-refractivity contribution is 6.25. The lowest BCUT2D eigenvalue weighted by Gasteiger charge is -2.37. The predicted molar refractivity (Wildman–Crippen MR) is 115 cm³/mol. The molecular weight excluding hydrogens is 336 g/mol. The van der Waals surface area contributed by atoms with Crippen LogP contribution in [0.25, 0.3) is 0 Å². The molecule has 0 saturated heterocycles. The Morgan fingerprint density at radius 3 is 1.88 bits per heavy atom. The van der Waals surface area contributed by atoms with Crippen molar-refractivity contribution in [2.45, 2.75) is 84.0 Å². The summed E-state index contributed by atoms with van der Waals surface area (Å²) in [7, 11) is 0. The smallest absolute Gasteiger partial charge is 0.000525 e. The molecule has 2 aliphatic rings. The topological polar surface area (TPSA) is 0 Å². The van der Waals surface area contributed by atoms with Gasteiger partial charge in [-0.3, -0.25) is 0 Å². The van der Waals surface area contributed by atoms with E-state index in [1.165, 1.54) is 88.2 Å². The van der Waals surface area contributed by atoms with Gasteiger partial charge >= 0.3 is 0 Å². The van der Waals surface area contributed by atoms with Crippen LogP contribution in [-0.4, -0.2) is 0 Å². The Labute approximate surface area is 166 Å². The number of allylic oxidation sites excluding steroid dienone is 1. The van der Waals surface area contributed by atoms with Gasteiger partial charge < -0.3 is 0 Å². The third-order valence-corrected chi connectivity index (χ3v) is 7.27. The van der Waals surface area contributed by atoms with Crippen LogP contribution in [0.4, 0.5) is 0 Å². The van der Waals surface area contributed by atoms with Crippen molar-refractivity contribution in [3.05, 3.63) is 47.0 Å². The van der Waals surface area contributed by atoms with Crippen molar-refractivity contribution < 1.29 is 0 Å². The summed E-state index contributed by atoms with van der Waals surface area (Å²) < 4.78 is 0. The molecule has 0 unspecified atom stereocenters. The SMILES string of the molecule is CCCc1ccc(CCC2CCC(C3CCC(C=CCl)CC3)CC2)cc1. The maximum Gasteiger partial charge on any atom is 0.000525 e. The molecule has 0 N–H and O–H groups in total. The van der Waals surface area contributed by atoms with Crippen LogP contribution in [0.3, 0.4) is 0 Å². The number of hydrogen-bond donors (Lipinski definition) is 0. The minimum Gasteiger partial charge on any atom is -0.0933 e. The average Bonchev–Trinajstić information content (AvgIpc) is 2.69. The summed E-state index contributed by atoms with van der Waals surface area (Å²) in [5.74, 6) is 3.74. The Morgan fingerprint density at radius 1 is 0.808 bits per heavy atom. The second kappa shape index (κ2) is 10.5. The van der Waals surface area contributed by atoms with Crippen molar-refractivity contribution in [2.75, 3.05) is 0 Å². The number of benzene rings is 1. The van der Waals surface area contributed by atoms with Gasteiger partial charge in [0.2, 0.25) is 0 Å². The van der Waals surface area contributed by atoms with Crippen LogP contribution in [0.1, 0.15) is 82.3 Å². The first-order valence-electron chi connectivity index (χ1n) is 11.1. The molecule has 26 heavy (non-hydrogen) atoms. The molecule has 2 fully saturated rings. The zero-order chi connectivity index (χ0) is 18.2. The van der Waals surface area contributed by atoms with Crippen molar-refractivity contribution in [1.29, 1.82) is 0 Å². The van der Waals surface area contributed by atoms with E-state index in [-0.39, 0.29) is 0 Å². The lowest BCUT2D eigenvalue weighted by molar-refractivity contribution is 0.153. The van der Waals surface area contributed by atoms with Gasteiger partial charge in [-0.1, -0.05) is 68.1 Å². The van der Waals surface area contributed by atoms with Crippen LogP contribution in [-0.2, 0) is 12.8 Å². The second-order valence-corrected chi connectivity index (χ2v) is 9.13. The highest BCUT2D eigenvalue weighted by atomic mass is 35.5. The lowest BCUT2D eigenvalue weighted by Crippen LogP contribution is -2.25. The first kappa shape index (κ1) is 20.0. The van der Waals surface area contributed by atoms with Crippen molar-refractivity contribution in [3.8, 4) is 0 Å². The predicted octanol–water partition coefficient (Wildman–Crippen LogP) is 7.94. The van der Waals surface area contributed by atoms with Crippen LogP contribution < -0.4 is 0 Å². The molecule has 0 amide bonds. The Balaban J connectivity index is 1.36. The molecule has 0 radical (unpaired) electrons. The van der Waals surface area contributed by atoms with Gasteiger partial charge in [0.15, 0.2) is 0 Å². The Bertz CT molecular complexity index is 528. The summed E-state index contributed by atoms with van der Waals surface area (Å²) in [5, 5.41) is 0. The molecule has 0 nitrogen and oxygen atoms in total. The van der Waals surface area contributed by atoms with E-state index in [2.05, 4.69) is 37.3 Å². The first-order valence-corrected chi connectivity index (χ1v) is 11.6. The molecule has 144 valence electrons. The Kier molecular flexibility index (Phi) is 8.11. The standard InChI is InChI=1S/C25H37Cl/c1-2-3-20-4-6-21(7-5-20)8-9-22-10-14-24(15-11-22)25-16-12-23(13-17-25)18-19-26/h4-7,18-19,22-25H,2-3,8-17H2,1H3. The largest absolute Gasteiger partial charge is 0.0933 e. The van der Waals surface area contributed by atoms with Gasteiger partial charge in [-0.15, -0.1) is 0 Å². The molecule has 1 aromatic rings. The average molecular weight is 373 g/mol. The van der Waals surface area contributed by atoms with Gasteiger partial charge in [0.05, 0.1) is 0 Å². The second-order valence-electron chi connectivity index (χ2n) is 8.88. The molecule has 0 heterocycles. The molecule has 0 aliphatic heterocycles. The van der Waals surface area contributed by atoms with Gasteiger partial charge in [0.1, 0.15) is 0 Å². The highest BCUT2D eigenvalue weighted by Crippen LogP contribution is 2.42. The molecule has 0 aromatic heterocycles. The van der Waals surface area contributed by atoms with Crippen LogP contribution in [0.15, 0.2) is 35.9 Å². The molecule has 3 rings (SSSR count). The van der Waals surface area contributed by atoms with Crippen molar-refractivity contribution >= 4 is 11.6 Å². The third kappa shape index (κ3) is 5.88. The van der Waals surface area contributed by atoms with E-state index < -0.39 is 0 Å². The lowest BCUT2D eigenvalue weighted by atomic mass is 9.68. The highest BCUT2D eigenvalue weighted by Gasteiger charge is 2.30. The molecule has 0 atom stereocenters. The van der Waals surface area contributed by atoms with Crippen LogP contribution in [0.5, 0.6) is 0 Å². The van der Waals surface area contributed by atoms with Gasteiger partial charge in [-0.05, 0) is 92.6 Å². The molecular formula is C25H37Cl. The summed E-state index contributed by atoms with van der Waals surface area (Å²) in [4.78, 5) is 0. The summed E-state index contributed by atoms with van der Waals surface area (Å²) >= 11 is 5.75. The monoisotopic (exact) mass is 372 g/mol. The molecule has 0 bridgehead atoms. The third-order valence-electron chi connectivity index (χ3n) is 7.12. The maximum absolute atomic E-state index is 5.75. The Hall–Kier alpha value is -0.750. The van der Waals surface area contributed by atoms with E-state index in [0.717, 1.165) is 23.7 Å². The number of halogens is 1. The maximum atomic E-state index is 5.75.